The Labute approximate surface area is 120 Å². The van der Waals surface area contributed by atoms with E-state index in [-0.39, 0.29) is 12.0 Å². The molecule has 0 aliphatic heterocycles. The maximum absolute atomic E-state index is 12.8. The number of rotatable bonds is 3. The third-order valence-electron chi connectivity index (χ3n) is 2.50. The smallest absolute Gasteiger partial charge is 0.294 e. The van der Waals surface area contributed by atoms with Gasteiger partial charge in [-0.15, -0.1) is 11.3 Å². The zero-order valence-corrected chi connectivity index (χ0v) is 11.9. The summed E-state index contributed by atoms with van der Waals surface area (Å²) in [6.45, 7) is 0. The van der Waals surface area contributed by atoms with Crippen LogP contribution in [0.3, 0.4) is 0 Å². The summed E-state index contributed by atoms with van der Waals surface area (Å²) in [7, 11) is 0. The van der Waals surface area contributed by atoms with Crippen LogP contribution >= 0.6 is 27.3 Å². The Bertz CT molecular complexity index is 604. The van der Waals surface area contributed by atoms with Crippen LogP contribution < -0.4 is 0 Å². The van der Waals surface area contributed by atoms with Gasteiger partial charge in [-0.2, -0.15) is 13.2 Å². The molecule has 1 heterocycles. The summed E-state index contributed by atoms with van der Waals surface area (Å²) >= 11 is 4.59. The van der Waals surface area contributed by atoms with Crippen LogP contribution in [0.4, 0.5) is 13.2 Å². The Morgan fingerprint density at radius 3 is 2.42 bits per heavy atom. The summed E-state index contributed by atoms with van der Waals surface area (Å²) < 4.78 is 39.2. The number of hydrogen-bond donors (Lipinski definition) is 0. The molecule has 2 rings (SSSR count). The van der Waals surface area contributed by atoms with Crippen LogP contribution in [0.25, 0.3) is 0 Å². The van der Waals surface area contributed by atoms with Crippen LogP contribution in [0, 0.1) is 0 Å². The van der Waals surface area contributed by atoms with E-state index in [1.54, 1.807) is 12.1 Å². The molecule has 0 saturated heterocycles. The maximum Gasteiger partial charge on any atom is 0.417 e. The highest BCUT2D eigenvalue weighted by molar-refractivity contribution is 9.11. The van der Waals surface area contributed by atoms with Gasteiger partial charge in [-0.05, 0) is 34.1 Å². The van der Waals surface area contributed by atoms with Crippen LogP contribution in [-0.2, 0) is 12.6 Å². The zero-order valence-electron chi connectivity index (χ0n) is 9.50. The minimum atomic E-state index is -4.51. The Morgan fingerprint density at radius 2 is 1.84 bits per heavy atom. The molecule has 1 aromatic carbocycles. The van der Waals surface area contributed by atoms with Gasteiger partial charge < -0.3 is 0 Å². The molecule has 0 bridgehead atoms. The lowest BCUT2D eigenvalue weighted by molar-refractivity contribution is -0.137. The van der Waals surface area contributed by atoms with E-state index in [9.17, 15) is 18.0 Å². The van der Waals surface area contributed by atoms with Gasteiger partial charge in [0.05, 0.1) is 9.35 Å². The van der Waals surface area contributed by atoms with Crippen LogP contribution in [0.5, 0.6) is 0 Å². The van der Waals surface area contributed by atoms with E-state index in [0.717, 1.165) is 14.7 Å². The van der Waals surface area contributed by atoms with Gasteiger partial charge in [-0.3, -0.25) is 4.79 Å². The van der Waals surface area contributed by atoms with E-state index in [1.807, 2.05) is 0 Å². The van der Waals surface area contributed by atoms with Crippen LogP contribution in [0.2, 0.25) is 0 Å². The summed E-state index contributed by atoms with van der Waals surface area (Å²) in [5.74, 6) is -0.526. The van der Waals surface area contributed by atoms with Gasteiger partial charge in [0.25, 0.3) is 0 Å². The summed E-state index contributed by atoms with van der Waals surface area (Å²) in [5, 5.41) is 0. The number of ketones is 1. The fourth-order valence-corrected chi connectivity index (χ4v) is 3.16. The van der Waals surface area contributed by atoms with E-state index < -0.39 is 17.5 Å². The van der Waals surface area contributed by atoms with Gasteiger partial charge in [0.1, 0.15) is 0 Å². The minimum Gasteiger partial charge on any atom is -0.294 e. The zero-order chi connectivity index (χ0) is 14.0. The first-order chi connectivity index (χ1) is 8.88. The van der Waals surface area contributed by atoms with E-state index in [4.69, 9.17) is 0 Å². The molecule has 2 aromatic rings. The highest BCUT2D eigenvalue weighted by Gasteiger charge is 2.34. The van der Waals surface area contributed by atoms with Gasteiger partial charge in [-0.25, -0.2) is 0 Å². The van der Waals surface area contributed by atoms with E-state index in [2.05, 4.69) is 15.9 Å². The van der Waals surface area contributed by atoms with Crippen LogP contribution in [0.1, 0.15) is 20.8 Å². The molecule has 0 N–H and O–H groups in total. The first kappa shape index (κ1) is 14.3. The highest BCUT2D eigenvalue weighted by atomic mass is 79.9. The van der Waals surface area contributed by atoms with Crippen molar-refractivity contribution in [2.24, 2.45) is 0 Å². The van der Waals surface area contributed by atoms with Crippen molar-refractivity contribution in [3.05, 3.63) is 56.2 Å². The van der Waals surface area contributed by atoms with Crippen molar-refractivity contribution in [1.82, 2.24) is 0 Å². The number of hydrogen-bond acceptors (Lipinski definition) is 2. The van der Waals surface area contributed by atoms with Gasteiger partial charge >= 0.3 is 6.18 Å². The largest absolute Gasteiger partial charge is 0.417 e. The molecule has 0 amide bonds. The van der Waals surface area contributed by atoms with Gasteiger partial charge in [0, 0.05) is 16.9 Å². The number of carbonyl (C=O) groups is 1. The van der Waals surface area contributed by atoms with Crippen molar-refractivity contribution in [1.29, 1.82) is 0 Å². The van der Waals surface area contributed by atoms with Crippen molar-refractivity contribution in [3.63, 3.8) is 0 Å². The molecule has 0 radical (unpaired) electrons. The normalized spacial score (nSPS) is 11.6. The fourth-order valence-electron chi connectivity index (χ4n) is 1.67. The average molecular weight is 349 g/mol. The number of thiophene rings is 1. The maximum atomic E-state index is 12.8. The van der Waals surface area contributed by atoms with Crippen molar-refractivity contribution in [3.8, 4) is 0 Å². The topological polar surface area (TPSA) is 17.1 Å². The lowest BCUT2D eigenvalue weighted by Crippen LogP contribution is -2.14. The molecule has 0 atom stereocenters. The molecular formula is C13H8BrF3OS. The quantitative estimate of drug-likeness (QED) is 0.717. The lowest BCUT2D eigenvalue weighted by atomic mass is 10.0. The standard InChI is InChI=1S/C13H8BrF3OS/c14-12-6-5-8(19-12)7-11(18)9-3-1-2-4-10(9)13(15,16)17/h1-6H,7H2. The molecule has 0 fully saturated rings. The molecule has 0 unspecified atom stereocenters. The Kier molecular flexibility index (Phi) is 4.10. The molecule has 1 aromatic heterocycles. The molecule has 0 aliphatic carbocycles. The summed E-state index contributed by atoms with van der Waals surface area (Å²) in [4.78, 5) is 12.7. The lowest BCUT2D eigenvalue weighted by Gasteiger charge is -2.11. The van der Waals surface area contributed by atoms with E-state index in [0.29, 0.717) is 0 Å². The van der Waals surface area contributed by atoms with E-state index >= 15 is 0 Å². The third-order valence-corrected chi connectivity index (χ3v) is 4.12. The minimum absolute atomic E-state index is 0.0244. The molecule has 0 saturated carbocycles. The Balaban J connectivity index is 2.29. The molecule has 1 nitrogen and oxygen atoms in total. The van der Waals surface area contributed by atoms with Crippen molar-refractivity contribution < 1.29 is 18.0 Å². The molecule has 6 heteroatoms. The number of Topliss-reactive ketones (excluding diaryl/α,β-unsaturated/α-hetero) is 1. The number of benzene rings is 1. The fraction of sp³-hybridized carbons (Fsp3) is 0.154. The molecule has 100 valence electrons. The first-order valence-corrected chi connectivity index (χ1v) is 6.92. The summed E-state index contributed by atoms with van der Waals surface area (Å²) in [5.41, 5.74) is -1.16. The van der Waals surface area contributed by atoms with Gasteiger partial charge in [0.15, 0.2) is 5.78 Å². The molecule has 0 spiro atoms. The van der Waals surface area contributed by atoms with Crippen LogP contribution in [0.15, 0.2) is 40.2 Å². The highest BCUT2D eigenvalue weighted by Crippen LogP contribution is 2.33. The summed E-state index contributed by atoms with van der Waals surface area (Å²) in [6, 6.07) is 8.35. The monoisotopic (exact) mass is 348 g/mol. The predicted molar refractivity (Wildman–Crippen MR) is 71.5 cm³/mol. The van der Waals surface area contributed by atoms with Crippen molar-refractivity contribution in [2.45, 2.75) is 12.6 Å². The molecule has 19 heavy (non-hydrogen) atoms. The Hall–Kier alpha value is -1.14. The third kappa shape index (κ3) is 3.45. The number of halogens is 4. The second kappa shape index (κ2) is 5.46. The number of alkyl halides is 3. The van der Waals surface area contributed by atoms with Gasteiger partial charge in [0.2, 0.25) is 0 Å². The average Bonchev–Trinajstić information content (AvgIpc) is 2.73. The van der Waals surface area contributed by atoms with Gasteiger partial charge in [-0.1, -0.05) is 18.2 Å². The predicted octanol–water partition coefficient (Wildman–Crippen LogP) is 4.95. The van der Waals surface area contributed by atoms with Crippen LogP contribution in [-0.4, -0.2) is 5.78 Å². The number of carbonyl (C=O) groups excluding carboxylic acids is 1. The molecule has 0 aliphatic rings. The SMILES string of the molecule is O=C(Cc1ccc(Br)s1)c1ccccc1C(F)(F)F. The van der Waals surface area contributed by atoms with E-state index in [1.165, 1.54) is 29.5 Å². The second-order valence-corrected chi connectivity index (χ2v) is 6.40. The Morgan fingerprint density at radius 1 is 1.16 bits per heavy atom. The van der Waals surface area contributed by atoms with Crippen molar-refractivity contribution >= 4 is 33.0 Å². The first-order valence-electron chi connectivity index (χ1n) is 5.31. The van der Waals surface area contributed by atoms with Crippen molar-refractivity contribution in [2.75, 3.05) is 0 Å². The summed E-state index contributed by atoms with van der Waals surface area (Å²) in [6.07, 6.45) is -4.54. The second-order valence-electron chi connectivity index (χ2n) is 3.85. The molecular weight excluding hydrogens is 341 g/mol.